The highest BCUT2D eigenvalue weighted by Gasteiger charge is 2.14. The first-order valence-corrected chi connectivity index (χ1v) is 3.56. The van der Waals surface area contributed by atoms with E-state index >= 15 is 0 Å². The lowest BCUT2D eigenvalue weighted by atomic mass is 10.5. The molecule has 1 aliphatic heterocycles. The Morgan fingerprint density at radius 3 is 3.40 bits per heavy atom. The minimum Gasteiger partial charge on any atom is -0.196 e. The number of halogens is 1. The zero-order valence-electron chi connectivity index (χ0n) is 4.65. The molecule has 0 aliphatic carbocycles. The Kier molecular flexibility index (Phi) is 1.28. The first kappa shape index (κ1) is 5.99. The maximum atomic E-state index is 5.52. The van der Waals surface area contributed by atoms with Gasteiger partial charge < -0.3 is 0 Å². The number of fused-ring (bicyclic) bond motifs is 1. The van der Waals surface area contributed by atoms with E-state index in [0.29, 0.717) is 0 Å². The molecule has 0 fully saturated rings. The number of H-pyrrole nitrogens is 1. The second-order valence-corrected chi connectivity index (χ2v) is 3.01. The Balaban J connectivity index is 2.43. The summed E-state index contributed by atoms with van der Waals surface area (Å²) in [5, 5.41) is 14.6. The van der Waals surface area contributed by atoms with Crippen LogP contribution in [0.2, 0.25) is 0 Å². The van der Waals surface area contributed by atoms with Crippen LogP contribution in [-0.4, -0.2) is 25.6 Å². The van der Waals surface area contributed by atoms with Gasteiger partial charge in [-0.05, 0) is 0 Å². The van der Waals surface area contributed by atoms with Gasteiger partial charge >= 0.3 is 0 Å². The van der Waals surface area contributed by atoms with Crippen molar-refractivity contribution in [2.75, 3.05) is 0 Å². The maximum absolute atomic E-state index is 5.52. The molecule has 0 saturated carbocycles. The maximum Gasteiger partial charge on any atom is 0.171 e. The third-order valence-electron chi connectivity index (χ3n) is 0.974. The molecule has 0 saturated heterocycles. The first-order valence-electron chi connectivity index (χ1n) is 2.45. The fourth-order valence-corrected chi connectivity index (χ4v) is 1.33. The third kappa shape index (κ3) is 0.850. The summed E-state index contributed by atoms with van der Waals surface area (Å²) in [4.78, 5) is 0. The molecule has 0 spiro atoms. The summed E-state index contributed by atoms with van der Waals surface area (Å²) >= 11 is 6.73. The second kappa shape index (κ2) is 2.14. The molecule has 1 N–H and O–H groups in total. The minimum absolute atomic E-state index is 0.724. The van der Waals surface area contributed by atoms with Crippen molar-refractivity contribution in [1.29, 1.82) is 0 Å². The number of hydrogen-bond acceptors (Lipinski definition) is 5. The zero-order chi connectivity index (χ0) is 6.97. The smallest absolute Gasteiger partial charge is 0.171 e. The van der Waals surface area contributed by atoms with E-state index in [4.69, 9.17) is 11.8 Å². The molecule has 0 amide bonds. The summed E-state index contributed by atoms with van der Waals surface area (Å²) in [5.41, 5.74) is 0.724. The van der Waals surface area contributed by atoms with Crippen LogP contribution in [0, 0.1) is 0 Å². The number of hydrogen-bond donors (Lipinski definition) is 1. The second-order valence-electron chi connectivity index (χ2n) is 1.58. The van der Waals surface area contributed by atoms with E-state index in [-0.39, 0.29) is 0 Å². The summed E-state index contributed by atoms with van der Waals surface area (Å²) in [6.07, 6.45) is 1.54. The molecule has 1 aromatic heterocycles. The number of nitrogens with one attached hydrogen (secondary N) is 1. The Morgan fingerprint density at radius 2 is 2.50 bits per heavy atom. The predicted octanol–water partition coefficient (Wildman–Crippen LogP) is 0.615. The van der Waals surface area contributed by atoms with Crippen molar-refractivity contribution in [3.63, 3.8) is 0 Å². The van der Waals surface area contributed by atoms with Gasteiger partial charge in [-0.25, -0.2) is 0 Å². The molecule has 2 rings (SSSR count). The van der Waals surface area contributed by atoms with E-state index in [1.54, 1.807) is 6.21 Å². The molecule has 0 atom stereocenters. The van der Waals surface area contributed by atoms with Crippen LogP contribution in [0.5, 0.6) is 0 Å². The fourth-order valence-electron chi connectivity index (χ4n) is 0.576. The Morgan fingerprint density at radius 1 is 1.60 bits per heavy atom. The summed E-state index contributed by atoms with van der Waals surface area (Å²) < 4.78 is 1.20. The molecule has 7 heteroatoms. The van der Waals surface area contributed by atoms with Crippen LogP contribution in [-0.2, 0) is 0 Å². The average molecular weight is 176 g/mol. The number of aromatic nitrogens is 3. The summed E-state index contributed by atoms with van der Waals surface area (Å²) in [6.45, 7) is 0. The van der Waals surface area contributed by atoms with E-state index in [1.807, 2.05) is 0 Å². The monoisotopic (exact) mass is 175 g/mol. The van der Waals surface area contributed by atoms with Crippen molar-refractivity contribution < 1.29 is 0 Å². The molecule has 0 radical (unpaired) electrons. The summed E-state index contributed by atoms with van der Waals surface area (Å²) in [7, 11) is 0. The lowest BCUT2D eigenvalue weighted by Crippen LogP contribution is -2.00. The highest BCUT2D eigenvalue weighted by molar-refractivity contribution is 7.97. The standard InChI is InChI=1S/C3H2ClN5S/c4-9-5-1-2-3(10-9)7-8-6-2/h1H,(H,6,7,8). The lowest BCUT2D eigenvalue weighted by molar-refractivity contribution is 0.789. The van der Waals surface area contributed by atoms with Gasteiger partial charge in [0.1, 0.15) is 5.69 Å². The van der Waals surface area contributed by atoms with Crippen molar-refractivity contribution in [1.82, 2.24) is 19.3 Å². The minimum atomic E-state index is 0.724. The van der Waals surface area contributed by atoms with Gasteiger partial charge in [0.25, 0.3) is 0 Å². The third-order valence-corrected chi connectivity index (χ3v) is 1.99. The van der Waals surface area contributed by atoms with Crippen molar-refractivity contribution in [3.05, 3.63) is 5.69 Å². The highest BCUT2D eigenvalue weighted by atomic mass is 35.5. The number of aromatic amines is 1. The molecule has 1 aliphatic rings. The van der Waals surface area contributed by atoms with E-state index in [2.05, 4.69) is 20.5 Å². The Bertz CT molecular complexity index is 270. The van der Waals surface area contributed by atoms with Crippen LogP contribution in [0.15, 0.2) is 10.1 Å². The molecule has 52 valence electrons. The highest BCUT2D eigenvalue weighted by Crippen LogP contribution is 2.27. The van der Waals surface area contributed by atoms with Gasteiger partial charge in [0.2, 0.25) is 0 Å². The largest absolute Gasteiger partial charge is 0.196 e. The van der Waals surface area contributed by atoms with Crippen molar-refractivity contribution >= 4 is 29.9 Å². The van der Waals surface area contributed by atoms with Crippen molar-refractivity contribution in [2.45, 2.75) is 5.03 Å². The van der Waals surface area contributed by atoms with Gasteiger partial charge in [0.05, 0.1) is 18.2 Å². The lowest BCUT2D eigenvalue weighted by Gasteiger charge is -2.07. The van der Waals surface area contributed by atoms with Crippen LogP contribution >= 0.6 is 23.7 Å². The molecular formula is C3H2ClN5S. The Labute approximate surface area is 65.7 Å². The number of rotatable bonds is 0. The summed E-state index contributed by atoms with van der Waals surface area (Å²) in [5.74, 6) is 0. The molecule has 10 heavy (non-hydrogen) atoms. The van der Waals surface area contributed by atoms with Crippen LogP contribution in [0.4, 0.5) is 0 Å². The fraction of sp³-hybridized carbons (Fsp3) is 0. The van der Waals surface area contributed by atoms with E-state index in [9.17, 15) is 0 Å². The van der Waals surface area contributed by atoms with Crippen LogP contribution < -0.4 is 0 Å². The molecule has 5 nitrogen and oxygen atoms in total. The topological polar surface area (TPSA) is 57.2 Å². The molecular weight excluding hydrogens is 174 g/mol. The molecule has 0 aromatic carbocycles. The van der Waals surface area contributed by atoms with Gasteiger partial charge in [0, 0.05) is 11.8 Å². The summed E-state index contributed by atoms with van der Waals surface area (Å²) in [6, 6.07) is 0. The van der Waals surface area contributed by atoms with Crippen LogP contribution in [0.25, 0.3) is 0 Å². The Hall–Kier alpha value is -0.750. The van der Waals surface area contributed by atoms with Crippen LogP contribution in [0.3, 0.4) is 0 Å². The first-order chi connectivity index (χ1) is 4.86. The molecule has 2 heterocycles. The zero-order valence-corrected chi connectivity index (χ0v) is 6.22. The predicted molar refractivity (Wildman–Crippen MR) is 37.5 cm³/mol. The number of hydrazone groups is 1. The molecule has 0 bridgehead atoms. The SMILES string of the molecule is ClN1N=Cc2n[nH]nc2S1. The van der Waals surface area contributed by atoms with Gasteiger partial charge in [-0.2, -0.15) is 15.4 Å². The van der Waals surface area contributed by atoms with Crippen molar-refractivity contribution in [3.8, 4) is 0 Å². The normalized spacial score (nSPS) is 15.5. The molecule has 0 unspecified atom stereocenters. The van der Waals surface area contributed by atoms with Crippen molar-refractivity contribution in [2.24, 2.45) is 5.10 Å². The average Bonchev–Trinajstić information content (AvgIpc) is 2.33. The molecule has 1 aromatic rings. The van der Waals surface area contributed by atoms with Gasteiger partial charge in [0.15, 0.2) is 5.03 Å². The quantitative estimate of drug-likeness (QED) is 0.464. The van der Waals surface area contributed by atoms with Gasteiger partial charge in [-0.1, -0.05) is 0 Å². The van der Waals surface area contributed by atoms with E-state index in [1.165, 1.54) is 15.9 Å². The number of nitrogens with zero attached hydrogens (tertiary/aromatic N) is 4. The van der Waals surface area contributed by atoms with Gasteiger partial charge in [-0.3, -0.25) is 0 Å². The van der Waals surface area contributed by atoms with Gasteiger partial charge in [-0.15, -0.1) is 9.03 Å². The van der Waals surface area contributed by atoms with Crippen LogP contribution in [0.1, 0.15) is 5.69 Å². The van der Waals surface area contributed by atoms with E-state index in [0.717, 1.165) is 10.7 Å². The van der Waals surface area contributed by atoms with E-state index < -0.39 is 0 Å².